The number of nitrogens with zero attached hydrogens (tertiary/aromatic N) is 3. The number of hydrogen-bond donors (Lipinski definition) is 4. The maximum absolute atomic E-state index is 12.6. The highest BCUT2D eigenvalue weighted by Crippen LogP contribution is 2.24. The lowest BCUT2D eigenvalue weighted by atomic mass is 10.1. The lowest BCUT2D eigenvalue weighted by molar-refractivity contribution is 0.0636. The van der Waals surface area contributed by atoms with Gasteiger partial charge in [-0.2, -0.15) is 10.2 Å². The van der Waals surface area contributed by atoms with Crippen molar-refractivity contribution >= 4 is 58.4 Å². The van der Waals surface area contributed by atoms with Gasteiger partial charge in [0.25, 0.3) is 11.8 Å². The van der Waals surface area contributed by atoms with Gasteiger partial charge in [-0.25, -0.2) is 0 Å². The molecule has 2 amide bonds. The number of hydrazone groups is 2. The van der Waals surface area contributed by atoms with E-state index >= 15 is 0 Å². The second-order valence-electron chi connectivity index (χ2n) is 4.95. The first kappa shape index (κ1) is 18.4. The molecule has 0 aromatic heterocycles. The summed E-state index contributed by atoms with van der Waals surface area (Å²) < 4.78 is 0. The van der Waals surface area contributed by atoms with Crippen molar-refractivity contribution in [2.45, 2.75) is 13.0 Å². The summed E-state index contributed by atoms with van der Waals surface area (Å²) in [5.41, 5.74) is 16.3. The van der Waals surface area contributed by atoms with E-state index in [9.17, 15) is 9.59 Å². The Morgan fingerprint density at radius 1 is 1.12 bits per heavy atom. The molecule has 1 aliphatic heterocycles. The number of carbonyl (C=O) groups excluding carboxylic acids is 2. The smallest absolute Gasteiger partial charge is 0.262 e. The van der Waals surface area contributed by atoms with Crippen LogP contribution in [0.15, 0.2) is 34.5 Å². The first-order chi connectivity index (χ1) is 11.8. The summed E-state index contributed by atoms with van der Waals surface area (Å²) in [7, 11) is 0. The average Bonchev–Trinajstić information content (AvgIpc) is 2.81. The van der Waals surface area contributed by atoms with Crippen LogP contribution in [0.1, 0.15) is 27.6 Å². The second-order valence-corrected chi connectivity index (χ2v) is 5.83. The van der Waals surface area contributed by atoms with Crippen LogP contribution in [0.3, 0.4) is 0 Å². The van der Waals surface area contributed by atoms with Gasteiger partial charge in [0.1, 0.15) is 5.71 Å². The van der Waals surface area contributed by atoms with Gasteiger partial charge in [0.2, 0.25) is 0 Å². The van der Waals surface area contributed by atoms with Gasteiger partial charge in [-0.1, -0.05) is 12.1 Å². The van der Waals surface area contributed by atoms with Crippen molar-refractivity contribution in [2.75, 3.05) is 0 Å². The van der Waals surface area contributed by atoms with Crippen LogP contribution < -0.4 is 22.3 Å². The minimum atomic E-state index is -0.744. The zero-order valence-electron chi connectivity index (χ0n) is 13.1. The van der Waals surface area contributed by atoms with Crippen molar-refractivity contribution in [1.82, 2.24) is 15.8 Å². The van der Waals surface area contributed by atoms with Crippen molar-refractivity contribution in [3.05, 3.63) is 35.4 Å². The molecule has 1 aliphatic rings. The van der Waals surface area contributed by atoms with Crippen LogP contribution >= 0.6 is 24.4 Å². The highest BCUT2D eigenvalue weighted by molar-refractivity contribution is 7.80. The lowest BCUT2D eigenvalue weighted by Crippen LogP contribution is -2.44. The van der Waals surface area contributed by atoms with Crippen molar-refractivity contribution in [1.29, 1.82) is 0 Å². The molecule has 1 aromatic rings. The van der Waals surface area contributed by atoms with Crippen molar-refractivity contribution in [2.24, 2.45) is 21.7 Å². The summed E-state index contributed by atoms with van der Waals surface area (Å²) in [6.07, 6.45) is 1.26. The summed E-state index contributed by atoms with van der Waals surface area (Å²) in [5, 5.41) is 7.64. The van der Waals surface area contributed by atoms with Gasteiger partial charge >= 0.3 is 0 Å². The molecule has 2 rings (SSSR count). The van der Waals surface area contributed by atoms with E-state index in [1.165, 1.54) is 6.21 Å². The molecule has 0 saturated heterocycles. The molecule has 9 nitrogen and oxygen atoms in total. The topological polar surface area (TPSA) is 138 Å². The van der Waals surface area contributed by atoms with Crippen LogP contribution in [-0.2, 0) is 0 Å². The van der Waals surface area contributed by atoms with E-state index in [4.69, 9.17) is 23.7 Å². The van der Waals surface area contributed by atoms with E-state index in [0.29, 0.717) is 11.1 Å². The average molecular weight is 377 g/mol. The van der Waals surface area contributed by atoms with Gasteiger partial charge in [0.15, 0.2) is 10.2 Å². The molecule has 0 fully saturated rings. The van der Waals surface area contributed by atoms with E-state index < -0.39 is 17.9 Å². The minimum Gasteiger partial charge on any atom is -0.375 e. The zero-order chi connectivity index (χ0) is 18.6. The molecule has 0 aliphatic carbocycles. The van der Waals surface area contributed by atoms with Crippen LogP contribution in [0.25, 0.3) is 0 Å². The van der Waals surface area contributed by atoms with Crippen LogP contribution in [0.5, 0.6) is 0 Å². The van der Waals surface area contributed by atoms with Gasteiger partial charge in [-0.15, -0.1) is 0 Å². The Labute approximate surface area is 154 Å². The Bertz CT molecular complexity index is 771. The number of benzene rings is 1. The quantitative estimate of drug-likeness (QED) is 0.237. The monoisotopic (exact) mass is 377 g/mol. The van der Waals surface area contributed by atoms with Crippen molar-refractivity contribution < 1.29 is 9.59 Å². The van der Waals surface area contributed by atoms with E-state index in [1.807, 2.05) is 0 Å². The third-order valence-corrected chi connectivity index (χ3v) is 3.49. The standard InChI is InChI=1S/C14H15N7O2S2/c1-7(10(18-20-14(16)25)6-17-19-13(15)24)21-11(22)8-4-2-3-5-9(8)12(21)23/h2-7H,1H3,(H3,15,19,24)(H3,16,20,25)/b17-6-,18-10-. The molecule has 0 bridgehead atoms. The number of fused-ring (bicyclic) bond motifs is 1. The zero-order valence-corrected chi connectivity index (χ0v) is 14.7. The molecule has 130 valence electrons. The molecule has 1 heterocycles. The third-order valence-electron chi connectivity index (χ3n) is 3.31. The SMILES string of the molecule is CC(C(/C=N\NC(N)=S)=N\NC(N)=S)N1C(=O)c2ccccc2C1=O. The Kier molecular flexibility index (Phi) is 5.72. The Morgan fingerprint density at radius 3 is 2.12 bits per heavy atom. The van der Waals surface area contributed by atoms with Crippen LogP contribution in [-0.4, -0.2) is 44.9 Å². The predicted molar refractivity (Wildman–Crippen MR) is 102 cm³/mol. The molecular formula is C14H15N7O2S2. The first-order valence-electron chi connectivity index (χ1n) is 7.01. The number of imide groups is 1. The normalized spacial score (nSPS) is 15.2. The fourth-order valence-electron chi connectivity index (χ4n) is 2.20. The minimum absolute atomic E-state index is 0.0497. The Morgan fingerprint density at radius 2 is 1.64 bits per heavy atom. The summed E-state index contributed by atoms with van der Waals surface area (Å²) in [5.74, 6) is -0.848. The highest BCUT2D eigenvalue weighted by Gasteiger charge is 2.39. The fourth-order valence-corrected chi connectivity index (χ4v) is 2.30. The van der Waals surface area contributed by atoms with Crippen molar-refractivity contribution in [3.8, 4) is 0 Å². The van der Waals surface area contributed by atoms with E-state index in [2.05, 4.69) is 33.3 Å². The first-order valence-corrected chi connectivity index (χ1v) is 7.83. The maximum Gasteiger partial charge on any atom is 0.262 e. The van der Waals surface area contributed by atoms with Crippen LogP contribution in [0.2, 0.25) is 0 Å². The third kappa shape index (κ3) is 4.14. The molecule has 0 saturated carbocycles. The van der Waals surface area contributed by atoms with E-state index in [1.54, 1.807) is 31.2 Å². The fraction of sp³-hybridized carbons (Fsp3) is 0.143. The maximum atomic E-state index is 12.6. The molecule has 1 atom stereocenters. The molecule has 11 heteroatoms. The molecule has 0 spiro atoms. The van der Waals surface area contributed by atoms with E-state index in [-0.39, 0.29) is 15.9 Å². The Hall–Kier alpha value is -2.92. The molecule has 1 unspecified atom stereocenters. The van der Waals surface area contributed by atoms with Gasteiger partial charge in [0, 0.05) is 0 Å². The largest absolute Gasteiger partial charge is 0.375 e. The molecule has 1 aromatic carbocycles. The number of rotatable bonds is 5. The van der Waals surface area contributed by atoms with Gasteiger partial charge in [0.05, 0.1) is 23.4 Å². The molecule has 25 heavy (non-hydrogen) atoms. The number of amides is 2. The number of nitrogens with two attached hydrogens (primary N) is 2. The molecular weight excluding hydrogens is 362 g/mol. The van der Waals surface area contributed by atoms with Gasteiger partial charge in [-0.05, 0) is 43.5 Å². The number of hydrogen-bond acceptors (Lipinski definition) is 6. The number of nitrogens with one attached hydrogen (secondary N) is 2. The summed E-state index contributed by atoms with van der Waals surface area (Å²) >= 11 is 9.35. The molecule has 0 radical (unpaired) electrons. The van der Waals surface area contributed by atoms with Crippen molar-refractivity contribution in [3.63, 3.8) is 0 Å². The number of carbonyl (C=O) groups is 2. The molecule has 6 N–H and O–H groups in total. The van der Waals surface area contributed by atoms with Gasteiger partial charge < -0.3 is 11.5 Å². The van der Waals surface area contributed by atoms with Crippen LogP contribution in [0.4, 0.5) is 0 Å². The summed E-state index contributed by atoms with van der Waals surface area (Å²) in [6.45, 7) is 1.62. The summed E-state index contributed by atoms with van der Waals surface area (Å²) in [6, 6.07) is 5.82. The van der Waals surface area contributed by atoms with Gasteiger partial charge in [-0.3, -0.25) is 25.3 Å². The highest BCUT2D eigenvalue weighted by atomic mass is 32.1. The number of thiocarbonyl (C=S) groups is 2. The second kappa shape index (κ2) is 7.77. The van der Waals surface area contributed by atoms with E-state index in [0.717, 1.165) is 4.90 Å². The lowest BCUT2D eigenvalue weighted by Gasteiger charge is -2.22. The van der Waals surface area contributed by atoms with Crippen LogP contribution in [0, 0.1) is 0 Å². The Balaban J connectivity index is 2.31. The summed E-state index contributed by atoms with van der Waals surface area (Å²) in [4.78, 5) is 26.2. The predicted octanol–water partition coefficient (Wildman–Crippen LogP) is -0.321.